The third-order valence-electron chi connectivity index (χ3n) is 4.23. The molecule has 0 saturated carbocycles. The topological polar surface area (TPSA) is 165 Å². The number of carboxylic acids is 1. The van der Waals surface area contributed by atoms with Crippen LogP contribution in [-0.4, -0.2) is 75.7 Å². The number of carbonyl (C=O) groups excluding carboxylic acids is 3. The largest absolute Gasteiger partial charge is 0.480 e. The van der Waals surface area contributed by atoms with E-state index >= 15 is 0 Å². The molecule has 3 amide bonds. The molecule has 3 atom stereocenters. The molecule has 0 radical (unpaired) electrons. The lowest BCUT2D eigenvalue weighted by Gasteiger charge is -2.19. The van der Waals surface area contributed by atoms with Crippen LogP contribution in [0.15, 0.2) is 12.5 Å². The number of amides is 3. The first-order valence-electron chi connectivity index (χ1n) is 8.82. The quantitative estimate of drug-likeness (QED) is 0.214. The predicted molar refractivity (Wildman–Crippen MR) is 102 cm³/mol. The number of carbonyl (C=O) groups is 4. The van der Waals surface area contributed by atoms with Crippen molar-refractivity contribution in [2.45, 2.75) is 37.4 Å². The Hall–Kier alpha value is -2.60. The molecular formula is C16H24N6O5S. The molecule has 2 heterocycles. The molecule has 6 N–H and O–H groups in total. The van der Waals surface area contributed by atoms with E-state index in [-0.39, 0.29) is 24.1 Å². The Morgan fingerprint density at radius 2 is 2.07 bits per heavy atom. The van der Waals surface area contributed by atoms with E-state index in [2.05, 4.69) is 43.9 Å². The van der Waals surface area contributed by atoms with Crippen molar-refractivity contribution in [3.8, 4) is 0 Å². The maximum atomic E-state index is 12.2. The van der Waals surface area contributed by atoms with Crippen LogP contribution in [0.3, 0.4) is 0 Å². The zero-order chi connectivity index (χ0) is 20.5. The SMILES string of the molecule is O=C(CNC(=O)C(CS)NC(=O)C1CCCN1)NC(Cc1cnc[nH]1)C(=O)O. The van der Waals surface area contributed by atoms with Crippen molar-refractivity contribution in [1.82, 2.24) is 31.2 Å². The number of H-pyrrole nitrogens is 1. The molecule has 1 aromatic heterocycles. The average molecular weight is 412 g/mol. The van der Waals surface area contributed by atoms with Crippen LogP contribution in [0, 0.1) is 0 Å². The fourth-order valence-electron chi connectivity index (χ4n) is 2.73. The second-order valence-corrected chi connectivity index (χ2v) is 6.71. The van der Waals surface area contributed by atoms with E-state index in [1.54, 1.807) is 0 Å². The molecule has 1 aliphatic heterocycles. The van der Waals surface area contributed by atoms with Gasteiger partial charge in [-0.15, -0.1) is 0 Å². The highest BCUT2D eigenvalue weighted by Crippen LogP contribution is 2.05. The summed E-state index contributed by atoms with van der Waals surface area (Å²) in [6.07, 6.45) is 4.48. The first-order valence-corrected chi connectivity index (χ1v) is 9.45. The van der Waals surface area contributed by atoms with E-state index in [0.29, 0.717) is 12.1 Å². The molecule has 1 fully saturated rings. The van der Waals surface area contributed by atoms with Gasteiger partial charge in [-0.25, -0.2) is 9.78 Å². The third-order valence-corrected chi connectivity index (χ3v) is 4.59. The van der Waals surface area contributed by atoms with Gasteiger partial charge >= 0.3 is 5.97 Å². The monoisotopic (exact) mass is 412 g/mol. The van der Waals surface area contributed by atoms with Crippen LogP contribution in [0.1, 0.15) is 18.5 Å². The maximum Gasteiger partial charge on any atom is 0.326 e. The van der Waals surface area contributed by atoms with Crippen molar-refractivity contribution in [1.29, 1.82) is 0 Å². The number of hydrogen-bond acceptors (Lipinski definition) is 7. The van der Waals surface area contributed by atoms with E-state index in [1.165, 1.54) is 12.5 Å². The standard InChI is InChI=1S/C16H24N6O5S/c23-13(21-11(16(26)27)4-9-5-17-8-20-9)6-19-14(24)12(7-28)22-15(25)10-2-1-3-18-10/h5,8,10-12,18,28H,1-4,6-7H2,(H,17,20)(H,19,24)(H,21,23)(H,22,25)(H,26,27). The number of aromatic amines is 1. The summed E-state index contributed by atoms with van der Waals surface area (Å²) in [6, 6.07) is -2.40. The van der Waals surface area contributed by atoms with Gasteiger partial charge in [-0.3, -0.25) is 14.4 Å². The van der Waals surface area contributed by atoms with Crippen LogP contribution in [0.2, 0.25) is 0 Å². The van der Waals surface area contributed by atoms with Crippen LogP contribution in [0.5, 0.6) is 0 Å². The number of hydrogen-bond donors (Lipinski definition) is 7. The minimum absolute atomic E-state index is 0.0265. The summed E-state index contributed by atoms with van der Waals surface area (Å²) < 4.78 is 0. The minimum atomic E-state index is -1.21. The van der Waals surface area contributed by atoms with E-state index in [0.717, 1.165) is 13.0 Å². The number of rotatable bonds is 10. The molecule has 1 aliphatic rings. The summed E-state index contributed by atoms with van der Waals surface area (Å²) in [5.41, 5.74) is 0.551. The summed E-state index contributed by atoms with van der Waals surface area (Å²) >= 11 is 4.06. The minimum Gasteiger partial charge on any atom is -0.480 e. The molecule has 0 aliphatic carbocycles. The van der Waals surface area contributed by atoms with Crippen molar-refractivity contribution < 1.29 is 24.3 Å². The third kappa shape index (κ3) is 6.53. The van der Waals surface area contributed by atoms with Crippen molar-refractivity contribution in [2.75, 3.05) is 18.8 Å². The van der Waals surface area contributed by atoms with Crippen molar-refractivity contribution in [3.05, 3.63) is 18.2 Å². The zero-order valence-electron chi connectivity index (χ0n) is 15.1. The molecule has 12 heteroatoms. The summed E-state index contributed by atoms with van der Waals surface area (Å²) in [7, 11) is 0. The van der Waals surface area contributed by atoms with Crippen LogP contribution in [0.25, 0.3) is 0 Å². The fourth-order valence-corrected chi connectivity index (χ4v) is 2.98. The van der Waals surface area contributed by atoms with E-state index in [1.807, 2.05) is 0 Å². The van der Waals surface area contributed by atoms with Crippen LogP contribution >= 0.6 is 12.6 Å². The molecule has 11 nitrogen and oxygen atoms in total. The number of imidazole rings is 1. The Morgan fingerprint density at radius 3 is 2.64 bits per heavy atom. The van der Waals surface area contributed by atoms with Crippen molar-refractivity contribution >= 4 is 36.3 Å². The second-order valence-electron chi connectivity index (χ2n) is 6.35. The Kier molecular flexibility index (Phi) is 8.26. The summed E-state index contributed by atoms with van der Waals surface area (Å²) in [4.78, 5) is 54.1. The predicted octanol–water partition coefficient (Wildman–Crippen LogP) is -2.20. The van der Waals surface area contributed by atoms with Gasteiger partial charge in [-0.2, -0.15) is 12.6 Å². The van der Waals surface area contributed by atoms with Crippen LogP contribution in [-0.2, 0) is 25.6 Å². The Balaban J connectivity index is 1.79. The first kappa shape index (κ1) is 21.7. The molecule has 154 valence electrons. The van der Waals surface area contributed by atoms with Crippen molar-refractivity contribution in [2.24, 2.45) is 0 Å². The normalized spacial score (nSPS) is 18.1. The lowest BCUT2D eigenvalue weighted by atomic mass is 10.1. The van der Waals surface area contributed by atoms with Gasteiger partial charge in [0.25, 0.3) is 0 Å². The van der Waals surface area contributed by atoms with Gasteiger partial charge in [0.05, 0.1) is 18.9 Å². The molecule has 0 spiro atoms. The highest BCUT2D eigenvalue weighted by molar-refractivity contribution is 7.80. The highest BCUT2D eigenvalue weighted by Gasteiger charge is 2.27. The zero-order valence-corrected chi connectivity index (χ0v) is 16.0. The number of aliphatic carboxylic acids is 1. The van der Waals surface area contributed by atoms with Gasteiger partial charge in [0.2, 0.25) is 17.7 Å². The second kappa shape index (κ2) is 10.7. The molecule has 1 aromatic rings. The molecular weight excluding hydrogens is 388 g/mol. The van der Waals surface area contributed by atoms with Gasteiger partial charge in [-0.1, -0.05) is 0 Å². The Labute approximate surface area is 166 Å². The van der Waals surface area contributed by atoms with Crippen molar-refractivity contribution in [3.63, 3.8) is 0 Å². The first-order chi connectivity index (χ1) is 13.4. The smallest absolute Gasteiger partial charge is 0.326 e. The summed E-state index contributed by atoms with van der Waals surface area (Å²) in [6.45, 7) is 0.326. The lowest BCUT2D eigenvalue weighted by Crippen LogP contribution is -2.54. The summed E-state index contributed by atoms with van der Waals surface area (Å²) in [5.74, 6) is -2.68. The summed E-state index contributed by atoms with van der Waals surface area (Å²) in [5, 5.41) is 19.6. The van der Waals surface area contributed by atoms with Crippen LogP contribution < -0.4 is 21.3 Å². The molecule has 28 heavy (non-hydrogen) atoms. The number of carboxylic acid groups (broad SMARTS) is 1. The van der Waals surface area contributed by atoms with Crippen LogP contribution in [0.4, 0.5) is 0 Å². The molecule has 0 aromatic carbocycles. The number of nitrogens with one attached hydrogen (secondary N) is 5. The van der Waals surface area contributed by atoms with Gasteiger partial charge in [0, 0.05) is 24.1 Å². The van der Waals surface area contributed by atoms with E-state index < -0.39 is 36.4 Å². The number of thiol groups is 1. The van der Waals surface area contributed by atoms with Gasteiger partial charge < -0.3 is 31.4 Å². The number of nitrogens with zero attached hydrogens (tertiary/aromatic N) is 1. The van der Waals surface area contributed by atoms with E-state index in [4.69, 9.17) is 0 Å². The van der Waals surface area contributed by atoms with Gasteiger partial charge in [0.15, 0.2) is 0 Å². The lowest BCUT2D eigenvalue weighted by molar-refractivity contribution is -0.141. The maximum absolute atomic E-state index is 12.2. The van der Waals surface area contributed by atoms with Gasteiger partial charge in [-0.05, 0) is 19.4 Å². The Morgan fingerprint density at radius 1 is 1.29 bits per heavy atom. The fraction of sp³-hybridized carbons (Fsp3) is 0.562. The van der Waals surface area contributed by atoms with Gasteiger partial charge in [0.1, 0.15) is 12.1 Å². The average Bonchev–Trinajstić information content (AvgIpc) is 3.37. The molecule has 1 saturated heterocycles. The molecule has 2 rings (SSSR count). The Bertz CT molecular complexity index is 692. The highest BCUT2D eigenvalue weighted by atomic mass is 32.1. The number of aromatic nitrogens is 2. The van der Waals surface area contributed by atoms with E-state index in [9.17, 15) is 24.3 Å². The molecule has 0 bridgehead atoms. The molecule has 3 unspecified atom stereocenters.